The Morgan fingerprint density at radius 3 is 2.88 bits per heavy atom. The van der Waals surface area contributed by atoms with E-state index in [9.17, 15) is 4.79 Å². The van der Waals surface area contributed by atoms with Crippen molar-refractivity contribution in [1.82, 2.24) is 9.55 Å². The van der Waals surface area contributed by atoms with Gasteiger partial charge in [0.2, 0.25) is 0 Å². The zero-order valence-corrected chi connectivity index (χ0v) is 14.8. The first-order valence-corrected chi connectivity index (χ1v) is 10.0. The summed E-state index contributed by atoms with van der Waals surface area (Å²) in [6.45, 7) is 0. The number of thiophene rings is 1. The Bertz CT molecular complexity index is 993. The molecule has 1 aromatic carbocycles. The molecule has 1 aliphatic carbocycles. The zero-order chi connectivity index (χ0) is 16.5. The van der Waals surface area contributed by atoms with Crippen molar-refractivity contribution in [2.45, 2.75) is 43.3 Å². The van der Waals surface area contributed by atoms with Gasteiger partial charge in [-0.15, -0.1) is 11.3 Å². The van der Waals surface area contributed by atoms with E-state index in [1.807, 2.05) is 28.8 Å². The van der Waals surface area contributed by atoms with Crippen molar-refractivity contribution in [2.24, 2.45) is 0 Å². The van der Waals surface area contributed by atoms with Gasteiger partial charge in [0, 0.05) is 16.1 Å². The van der Waals surface area contributed by atoms with Crippen LogP contribution in [0.5, 0.6) is 0 Å². The highest BCUT2D eigenvalue weighted by Crippen LogP contribution is 2.35. The number of hydrogen-bond donors (Lipinski definition) is 0. The van der Waals surface area contributed by atoms with E-state index >= 15 is 0 Å². The standard InChI is InChI=1S/C18H17N3OS2/c19-10-11-23-18-20-15-13-8-4-5-9-14(13)24-16(15)17(22)21(18)12-6-2-1-3-7-12/h4-5,8-9,12H,1-3,6-7,11H2. The van der Waals surface area contributed by atoms with E-state index in [1.165, 1.54) is 29.5 Å². The van der Waals surface area contributed by atoms with E-state index in [0.717, 1.165) is 46.0 Å². The van der Waals surface area contributed by atoms with Crippen molar-refractivity contribution in [3.8, 4) is 6.07 Å². The van der Waals surface area contributed by atoms with E-state index in [4.69, 9.17) is 10.2 Å². The second kappa shape index (κ2) is 6.58. The summed E-state index contributed by atoms with van der Waals surface area (Å²) >= 11 is 2.91. The molecule has 122 valence electrons. The second-order valence-electron chi connectivity index (χ2n) is 6.08. The highest BCUT2D eigenvalue weighted by Gasteiger charge is 2.23. The van der Waals surface area contributed by atoms with Crippen LogP contribution in [0.4, 0.5) is 0 Å². The summed E-state index contributed by atoms with van der Waals surface area (Å²) in [6.07, 6.45) is 5.61. The third-order valence-corrected chi connectivity index (χ3v) is 6.57. The maximum Gasteiger partial charge on any atom is 0.272 e. The minimum Gasteiger partial charge on any atom is -0.283 e. The molecule has 0 bridgehead atoms. The van der Waals surface area contributed by atoms with Gasteiger partial charge in [-0.05, 0) is 18.9 Å². The van der Waals surface area contributed by atoms with Crippen molar-refractivity contribution < 1.29 is 0 Å². The number of rotatable bonds is 3. The average Bonchev–Trinajstić information content (AvgIpc) is 3.00. The van der Waals surface area contributed by atoms with E-state index in [2.05, 4.69) is 6.07 Å². The quantitative estimate of drug-likeness (QED) is 0.503. The number of aromatic nitrogens is 2. The van der Waals surface area contributed by atoms with Crippen molar-refractivity contribution in [2.75, 3.05) is 5.75 Å². The first-order valence-electron chi connectivity index (χ1n) is 8.23. The maximum atomic E-state index is 13.2. The molecule has 2 aromatic heterocycles. The van der Waals surface area contributed by atoms with Crippen LogP contribution < -0.4 is 5.56 Å². The molecule has 2 heterocycles. The van der Waals surface area contributed by atoms with Crippen molar-refractivity contribution in [3.05, 3.63) is 34.6 Å². The summed E-state index contributed by atoms with van der Waals surface area (Å²) in [5.74, 6) is 0.312. The second-order valence-corrected chi connectivity index (χ2v) is 8.08. The molecule has 4 rings (SSSR count). The number of nitriles is 1. The Morgan fingerprint density at radius 2 is 2.08 bits per heavy atom. The summed E-state index contributed by atoms with van der Waals surface area (Å²) in [6, 6.07) is 10.4. The summed E-state index contributed by atoms with van der Waals surface area (Å²) in [5.41, 5.74) is 0.849. The van der Waals surface area contributed by atoms with Gasteiger partial charge in [-0.3, -0.25) is 9.36 Å². The van der Waals surface area contributed by atoms with Crippen LogP contribution in [-0.4, -0.2) is 15.3 Å². The van der Waals surface area contributed by atoms with Crippen molar-refractivity contribution in [1.29, 1.82) is 5.26 Å². The SMILES string of the molecule is N#CCSc1nc2c(sc3ccccc32)c(=O)n1C1CCCCC1. The van der Waals surface area contributed by atoms with Crippen molar-refractivity contribution >= 4 is 43.4 Å². The molecule has 0 N–H and O–H groups in total. The Morgan fingerprint density at radius 1 is 1.29 bits per heavy atom. The molecular weight excluding hydrogens is 338 g/mol. The predicted molar refractivity (Wildman–Crippen MR) is 99.8 cm³/mol. The van der Waals surface area contributed by atoms with E-state index < -0.39 is 0 Å². The van der Waals surface area contributed by atoms with Gasteiger partial charge in [-0.1, -0.05) is 49.2 Å². The van der Waals surface area contributed by atoms with Gasteiger partial charge in [0.15, 0.2) is 5.16 Å². The maximum absolute atomic E-state index is 13.2. The number of fused-ring (bicyclic) bond motifs is 3. The summed E-state index contributed by atoms with van der Waals surface area (Å²) in [5, 5.41) is 10.7. The van der Waals surface area contributed by atoms with Crippen LogP contribution in [-0.2, 0) is 0 Å². The predicted octanol–water partition coefficient (Wildman–Crippen LogP) is 4.73. The van der Waals surface area contributed by atoms with Crippen LogP contribution in [0.1, 0.15) is 38.1 Å². The van der Waals surface area contributed by atoms with Crippen LogP contribution in [0.15, 0.2) is 34.2 Å². The minimum atomic E-state index is 0.0635. The lowest BCUT2D eigenvalue weighted by molar-refractivity contribution is 0.326. The number of benzene rings is 1. The van der Waals surface area contributed by atoms with Crippen LogP contribution >= 0.6 is 23.1 Å². The van der Waals surface area contributed by atoms with Gasteiger partial charge in [0.05, 0.1) is 17.3 Å². The molecule has 0 radical (unpaired) electrons. The summed E-state index contributed by atoms with van der Waals surface area (Å²) < 4.78 is 3.71. The molecule has 1 fully saturated rings. The fourth-order valence-corrected chi connectivity index (χ4v) is 5.29. The molecule has 0 saturated heterocycles. The molecular formula is C18H17N3OS2. The van der Waals surface area contributed by atoms with Gasteiger partial charge in [0.1, 0.15) is 4.70 Å². The molecule has 0 amide bonds. The van der Waals surface area contributed by atoms with E-state index in [0.29, 0.717) is 10.9 Å². The van der Waals surface area contributed by atoms with Crippen LogP contribution in [0, 0.1) is 11.3 Å². The molecule has 1 aliphatic rings. The fourth-order valence-electron chi connectivity index (χ4n) is 3.49. The Hall–Kier alpha value is -1.84. The molecule has 0 unspecified atom stereocenters. The molecule has 0 aliphatic heterocycles. The summed E-state index contributed by atoms with van der Waals surface area (Å²) in [4.78, 5) is 18.0. The lowest BCUT2D eigenvalue weighted by atomic mass is 9.95. The normalized spacial score (nSPS) is 15.8. The van der Waals surface area contributed by atoms with E-state index in [-0.39, 0.29) is 11.6 Å². The highest BCUT2D eigenvalue weighted by atomic mass is 32.2. The molecule has 6 heteroatoms. The Labute approximate surface area is 148 Å². The number of nitrogens with zero attached hydrogens (tertiary/aromatic N) is 3. The van der Waals surface area contributed by atoms with Gasteiger partial charge in [-0.25, -0.2) is 4.98 Å². The average molecular weight is 355 g/mol. The molecule has 1 saturated carbocycles. The van der Waals surface area contributed by atoms with Crippen LogP contribution in [0.3, 0.4) is 0 Å². The largest absolute Gasteiger partial charge is 0.283 e. The summed E-state index contributed by atoms with van der Waals surface area (Å²) in [7, 11) is 0. The van der Waals surface area contributed by atoms with Gasteiger partial charge in [0.25, 0.3) is 5.56 Å². The van der Waals surface area contributed by atoms with Gasteiger partial charge < -0.3 is 0 Å². The van der Waals surface area contributed by atoms with Gasteiger partial charge in [-0.2, -0.15) is 5.26 Å². The molecule has 3 aromatic rings. The molecule has 0 spiro atoms. The smallest absolute Gasteiger partial charge is 0.272 e. The minimum absolute atomic E-state index is 0.0635. The first-order chi connectivity index (χ1) is 11.8. The highest BCUT2D eigenvalue weighted by molar-refractivity contribution is 7.99. The molecule has 0 atom stereocenters. The molecule has 4 nitrogen and oxygen atoms in total. The van der Waals surface area contributed by atoms with E-state index in [1.54, 1.807) is 0 Å². The zero-order valence-electron chi connectivity index (χ0n) is 13.2. The number of thioether (sulfide) groups is 1. The van der Waals surface area contributed by atoms with Crippen LogP contribution in [0.25, 0.3) is 20.3 Å². The lowest BCUT2D eigenvalue weighted by Crippen LogP contribution is -2.28. The van der Waals surface area contributed by atoms with Crippen LogP contribution in [0.2, 0.25) is 0 Å². The fraction of sp³-hybridized carbons (Fsp3) is 0.389. The third-order valence-electron chi connectivity index (χ3n) is 4.60. The van der Waals surface area contributed by atoms with Gasteiger partial charge >= 0.3 is 0 Å². The third kappa shape index (κ3) is 2.62. The topological polar surface area (TPSA) is 58.7 Å². The van der Waals surface area contributed by atoms with Crippen molar-refractivity contribution in [3.63, 3.8) is 0 Å². The number of hydrogen-bond acceptors (Lipinski definition) is 5. The lowest BCUT2D eigenvalue weighted by Gasteiger charge is -2.25. The first kappa shape index (κ1) is 15.7. The monoisotopic (exact) mass is 355 g/mol. The Kier molecular flexibility index (Phi) is 4.30. The molecule has 24 heavy (non-hydrogen) atoms. The Balaban J connectivity index is 1.97.